The summed E-state index contributed by atoms with van der Waals surface area (Å²) >= 11 is 0. The lowest BCUT2D eigenvalue weighted by Crippen LogP contribution is -2.62. The molecule has 2 heterocycles. The van der Waals surface area contributed by atoms with Crippen molar-refractivity contribution in [1.29, 1.82) is 0 Å². The fraction of sp³-hybridized carbons (Fsp3) is 0.655. The first-order valence-corrected chi connectivity index (χ1v) is 30.5. The highest BCUT2D eigenvalue weighted by Crippen LogP contribution is 2.14. The van der Waals surface area contributed by atoms with Crippen LogP contribution >= 0.6 is 0 Å². The summed E-state index contributed by atoms with van der Waals surface area (Å²) in [4.78, 5) is 162. The minimum atomic E-state index is -1.69. The molecule has 1 aliphatic rings. The van der Waals surface area contributed by atoms with Crippen molar-refractivity contribution >= 4 is 65.0 Å². The number of aliphatic hydroxyl groups is 1. The fourth-order valence-corrected chi connectivity index (χ4v) is 9.57. The monoisotopic (exact) mass is 1240 g/mol. The topological polar surface area (TPSA) is 499 Å². The van der Waals surface area contributed by atoms with E-state index in [-0.39, 0.29) is 96.4 Å². The Labute approximate surface area is 514 Å². The van der Waals surface area contributed by atoms with Crippen molar-refractivity contribution in [2.24, 2.45) is 40.5 Å². The maximum absolute atomic E-state index is 14.7. The van der Waals surface area contributed by atoms with E-state index in [0.29, 0.717) is 23.6 Å². The molecule has 1 aliphatic heterocycles. The number of H-pyrrole nitrogens is 1. The molecule has 0 saturated carbocycles. The molecule has 0 bridgehead atoms. The van der Waals surface area contributed by atoms with Gasteiger partial charge in [-0.25, -0.2) is 4.98 Å². The lowest BCUT2D eigenvalue weighted by Gasteiger charge is -2.29. The number of nitrogens with zero attached hydrogens (tertiary/aromatic N) is 1. The van der Waals surface area contributed by atoms with Crippen molar-refractivity contribution in [3.05, 3.63) is 54.1 Å². The molecule has 0 unspecified atom stereocenters. The number of nitrogens with one attached hydrogen (secondary N) is 12. The SMILES string of the molecule is CC[C@H](C)CCCCC(=O)N[C@@H](CCN)C(=O)N[C@H](C(=O)N[C@@H](CCN)C(=O)N[C@H]1CCNC(=O)[C@H](Cc2cnc[nH]2)NC(=O)[C@H](CCN)NC(=O)[C@H](CCN)NC(=O)[C@H](CC(C)C)NC(=O)[C@@H](Cc2ccccc2)NC(=O)[C@H](CCN)NC1=O)[C@@H](C)O. The number of aromatic nitrogens is 2. The number of carbonyl (C=O) groups is 11. The van der Waals surface area contributed by atoms with Gasteiger partial charge in [-0.3, -0.25) is 52.7 Å². The number of hydrogen-bond donors (Lipinski definition) is 18. The number of carbonyl (C=O) groups excluding carboxylic acids is 11. The Hall–Kier alpha value is -7.64. The summed E-state index contributed by atoms with van der Waals surface area (Å²) in [7, 11) is 0. The highest BCUT2D eigenvalue weighted by Gasteiger charge is 2.37. The minimum absolute atomic E-state index is 0.0121. The Morgan fingerprint density at radius 1 is 0.591 bits per heavy atom. The molecule has 0 spiro atoms. The van der Waals surface area contributed by atoms with Crippen molar-refractivity contribution in [1.82, 2.24) is 68.5 Å². The van der Waals surface area contributed by atoms with E-state index in [1.807, 2.05) is 0 Å². The van der Waals surface area contributed by atoms with Crippen molar-refractivity contribution in [3.8, 4) is 0 Å². The molecule has 1 aromatic heterocycles. The summed E-state index contributed by atoms with van der Waals surface area (Å²) in [6, 6.07) is -5.72. The number of benzene rings is 1. The Morgan fingerprint density at radius 3 is 1.61 bits per heavy atom. The number of rotatable bonds is 30. The maximum Gasteiger partial charge on any atom is 0.245 e. The van der Waals surface area contributed by atoms with Crippen LogP contribution < -0.4 is 87.2 Å². The van der Waals surface area contributed by atoms with Crippen LogP contribution in [-0.4, -0.2) is 186 Å². The summed E-state index contributed by atoms with van der Waals surface area (Å²) in [5.74, 6) is -8.99. The van der Waals surface area contributed by atoms with Crippen LogP contribution in [0.2, 0.25) is 0 Å². The predicted molar refractivity (Wildman–Crippen MR) is 327 cm³/mol. The molecule has 3 rings (SSSR count). The summed E-state index contributed by atoms with van der Waals surface area (Å²) in [5, 5.41) is 39.7. The van der Waals surface area contributed by atoms with Gasteiger partial charge in [0, 0.05) is 37.7 Å². The second-order valence-corrected chi connectivity index (χ2v) is 22.7. The van der Waals surface area contributed by atoms with Gasteiger partial charge < -0.3 is 97.2 Å². The number of aliphatic hydroxyl groups excluding tert-OH is 1. The zero-order valence-corrected chi connectivity index (χ0v) is 51.5. The third-order valence-electron chi connectivity index (χ3n) is 14.8. The maximum atomic E-state index is 14.7. The first-order chi connectivity index (χ1) is 42.0. The zero-order chi connectivity index (χ0) is 65.3. The van der Waals surface area contributed by atoms with E-state index in [1.165, 1.54) is 19.4 Å². The number of aromatic amines is 1. The molecule has 1 aromatic carbocycles. The van der Waals surface area contributed by atoms with Gasteiger partial charge >= 0.3 is 0 Å². The van der Waals surface area contributed by atoms with E-state index >= 15 is 0 Å². The molecule has 23 N–H and O–H groups in total. The van der Waals surface area contributed by atoms with Crippen LogP contribution in [-0.2, 0) is 65.6 Å². The van der Waals surface area contributed by atoms with Crippen LogP contribution in [0, 0.1) is 11.8 Å². The Bertz CT molecular complexity index is 2540. The van der Waals surface area contributed by atoms with E-state index in [2.05, 4.69) is 82.3 Å². The third-order valence-corrected chi connectivity index (χ3v) is 14.8. The smallest absolute Gasteiger partial charge is 0.245 e. The molecule has 1 fully saturated rings. The number of amides is 11. The number of hydrogen-bond acceptors (Lipinski definition) is 18. The largest absolute Gasteiger partial charge is 0.391 e. The number of unbranched alkanes of at least 4 members (excludes halogenated alkanes) is 1. The lowest BCUT2D eigenvalue weighted by molar-refractivity contribution is -0.137. The number of imidazole rings is 1. The Balaban J connectivity index is 2.10. The molecule has 1 saturated heterocycles. The molecule has 30 nitrogen and oxygen atoms in total. The first-order valence-electron chi connectivity index (χ1n) is 30.5. The quantitative estimate of drug-likeness (QED) is 0.0327. The van der Waals surface area contributed by atoms with Gasteiger partial charge in [0.2, 0.25) is 65.0 Å². The van der Waals surface area contributed by atoms with Crippen LogP contribution in [0.25, 0.3) is 0 Å². The molecule has 11 amide bonds. The third kappa shape index (κ3) is 26.4. The van der Waals surface area contributed by atoms with Crippen LogP contribution in [0.15, 0.2) is 42.9 Å². The van der Waals surface area contributed by atoms with E-state index in [9.17, 15) is 57.8 Å². The van der Waals surface area contributed by atoms with Gasteiger partial charge in [-0.05, 0) is 108 Å². The molecule has 30 heteroatoms. The molecule has 492 valence electrons. The summed E-state index contributed by atoms with van der Waals surface area (Å²) in [6.07, 6.45) is 3.29. The zero-order valence-electron chi connectivity index (χ0n) is 51.5. The molecule has 12 atom stereocenters. The molecule has 0 aliphatic carbocycles. The van der Waals surface area contributed by atoms with Gasteiger partial charge in [-0.15, -0.1) is 0 Å². The standard InChI is InChI=1S/C58H98N18O12/c1-6-34(4)12-10-11-15-47(78)67-38(16-22-59)55(85)76-48(35(5)77)58(88)72-42(20-26-63)51(81)71-43-21-27-65-49(79)46(30-37-31-64-32-66-37)75-53(83)41(19-25-62)68-50(80)39(17-23-60)70-56(86)44(28-33(2)3)73-57(87)45(29-36-13-8-7-9-14-36)74-52(82)40(18-24-61)69-54(43)84/h7-9,13-14,31-35,38-46,48,77H,6,10-12,15-30,59-63H2,1-5H3,(H,64,66)(H,65,79)(H,67,78)(H,68,80)(H,69,84)(H,70,86)(H,71,81)(H,72,88)(H,73,87)(H,74,82)(H,75,83)(H,76,85)/t34-,35+,38-,39-,40-,41-,42-,43-,44-,45+,46-,48-/m0/s1. The van der Waals surface area contributed by atoms with Crippen LogP contribution in [0.4, 0.5) is 0 Å². The van der Waals surface area contributed by atoms with Gasteiger partial charge in [0.25, 0.3) is 0 Å². The summed E-state index contributed by atoms with van der Waals surface area (Å²) in [6.45, 7) is 7.99. The molecular formula is C58H98N18O12. The highest BCUT2D eigenvalue weighted by atomic mass is 16.3. The summed E-state index contributed by atoms with van der Waals surface area (Å²) < 4.78 is 0. The van der Waals surface area contributed by atoms with Gasteiger partial charge in [-0.2, -0.15) is 0 Å². The predicted octanol–water partition coefficient (Wildman–Crippen LogP) is -4.66. The fourth-order valence-electron chi connectivity index (χ4n) is 9.57. The Morgan fingerprint density at radius 2 is 1.10 bits per heavy atom. The van der Waals surface area contributed by atoms with Crippen LogP contribution in [0.1, 0.15) is 123 Å². The van der Waals surface area contributed by atoms with E-state index in [4.69, 9.17) is 28.7 Å². The second kappa shape index (κ2) is 40.0. The van der Waals surface area contributed by atoms with Crippen LogP contribution in [0.5, 0.6) is 0 Å². The van der Waals surface area contributed by atoms with E-state index < -0.39 is 144 Å². The van der Waals surface area contributed by atoms with Crippen molar-refractivity contribution in [2.75, 3.05) is 39.3 Å². The summed E-state index contributed by atoms with van der Waals surface area (Å²) in [5.41, 5.74) is 30.6. The second-order valence-electron chi connectivity index (χ2n) is 22.7. The van der Waals surface area contributed by atoms with Gasteiger partial charge in [0.05, 0.1) is 12.4 Å². The first kappa shape index (κ1) is 74.6. The average molecular weight is 1240 g/mol. The van der Waals surface area contributed by atoms with Gasteiger partial charge in [0.15, 0.2) is 0 Å². The van der Waals surface area contributed by atoms with E-state index in [0.717, 1.165) is 19.3 Å². The van der Waals surface area contributed by atoms with Gasteiger partial charge in [-0.1, -0.05) is 77.3 Å². The minimum Gasteiger partial charge on any atom is -0.391 e. The van der Waals surface area contributed by atoms with Gasteiger partial charge in [0.1, 0.15) is 60.4 Å². The van der Waals surface area contributed by atoms with Crippen LogP contribution in [0.3, 0.4) is 0 Å². The van der Waals surface area contributed by atoms with Crippen molar-refractivity contribution in [3.63, 3.8) is 0 Å². The van der Waals surface area contributed by atoms with Crippen molar-refractivity contribution in [2.45, 2.75) is 191 Å². The average Bonchev–Trinajstić information content (AvgIpc) is 4.16. The highest BCUT2D eigenvalue weighted by molar-refractivity contribution is 5.99. The van der Waals surface area contributed by atoms with Crippen molar-refractivity contribution < 1.29 is 57.8 Å². The lowest BCUT2D eigenvalue weighted by atomic mass is 10.00. The normalized spacial score (nSPS) is 22.1. The molecule has 0 radical (unpaired) electrons. The van der Waals surface area contributed by atoms with E-state index in [1.54, 1.807) is 44.2 Å². The number of nitrogens with two attached hydrogens (primary N) is 5. The Kier molecular flexibility index (Phi) is 33.9. The molecule has 88 heavy (non-hydrogen) atoms. The molecular weight excluding hydrogens is 1140 g/mol. The molecule has 2 aromatic rings.